The highest BCUT2D eigenvalue weighted by Gasteiger charge is 2.08. The molecule has 1 heterocycles. The molecule has 0 saturated carbocycles. The minimum atomic E-state index is -0.0273. The zero-order chi connectivity index (χ0) is 11.3. The van der Waals surface area contributed by atoms with Crippen molar-refractivity contribution in [1.82, 2.24) is 5.32 Å². The van der Waals surface area contributed by atoms with Crippen molar-refractivity contribution >= 4 is 11.3 Å². The third-order valence-electron chi connectivity index (χ3n) is 2.07. The lowest BCUT2D eigenvalue weighted by atomic mass is 10.2. The van der Waals surface area contributed by atoms with E-state index in [0.29, 0.717) is 0 Å². The Morgan fingerprint density at radius 2 is 2.13 bits per heavy atom. The van der Waals surface area contributed by atoms with Crippen LogP contribution >= 0.6 is 11.3 Å². The van der Waals surface area contributed by atoms with Crippen molar-refractivity contribution in [3.8, 4) is 0 Å². The monoisotopic (exact) mass is 227 g/mol. The molecule has 1 rings (SSSR count). The van der Waals surface area contributed by atoms with Crippen LogP contribution in [0.2, 0.25) is 0 Å². The maximum absolute atomic E-state index is 5.62. The second-order valence-corrected chi connectivity index (χ2v) is 5.67. The van der Waals surface area contributed by atoms with Gasteiger partial charge in [-0.1, -0.05) is 0 Å². The zero-order valence-electron chi connectivity index (χ0n) is 10.1. The van der Waals surface area contributed by atoms with E-state index in [1.807, 2.05) is 11.3 Å². The molecular weight excluding hydrogens is 206 g/mol. The molecule has 2 nitrogen and oxygen atoms in total. The van der Waals surface area contributed by atoms with Crippen LogP contribution in [-0.2, 0) is 11.3 Å². The first kappa shape index (κ1) is 12.7. The summed E-state index contributed by atoms with van der Waals surface area (Å²) in [5.74, 6) is 0. The van der Waals surface area contributed by atoms with Crippen molar-refractivity contribution < 1.29 is 4.74 Å². The Hall–Kier alpha value is -0.380. The number of ether oxygens (including phenoxy) is 1. The molecule has 0 fully saturated rings. The highest BCUT2D eigenvalue weighted by Crippen LogP contribution is 2.14. The molecule has 15 heavy (non-hydrogen) atoms. The van der Waals surface area contributed by atoms with E-state index in [0.717, 1.165) is 19.7 Å². The van der Waals surface area contributed by atoms with Gasteiger partial charge in [-0.25, -0.2) is 0 Å². The fourth-order valence-corrected chi connectivity index (χ4v) is 2.09. The van der Waals surface area contributed by atoms with E-state index in [4.69, 9.17) is 4.74 Å². The number of hydrogen-bond acceptors (Lipinski definition) is 3. The van der Waals surface area contributed by atoms with Crippen LogP contribution in [0.25, 0.3) is 0 Å². The minimum Gasteiger partial charge on any atom is -0.375 e. The van der Waals surface area contributed by atoms with Gasteiger partial charge in [-0.15, -0.1) is 11.3 Å². The van der Waals surface area contributed by atoms with E-state index in [1.54, 1.807) is 0 Å². The van der Waals surface area contributed by atoms with Gasteiger partial charge < -0.3 is 10.1 Å². The van der Waals surface area contributed by atoms with Gasteiger partial charge in [-0.2, -0.15) is 0 Å². The molecule has 0 aliphatic heterocycles. The van der Waals surface area contributed by atoms with E-state index in [1.165, 1.54) is 10.4 Å². The highest BCUT2D eigenvalue weighted by atomic mass is 32.1. The third-order valence-corrected chi connectivity index (χ3v) is 3.09. The summed E-state index contributed by atoms with van der Waals surface area (Å²) in [6, 6.07) is 2.16. The lowest BCUT2D eigenvalue weighted by molar-refractivity contribution is -0.000872. The molecule has 1 aromatic rings. The molecular formula is C12H21NOS. The lowest BCUT2D eigenvalue weighted by Crippen LogP contribution is -2.26. The minimum absolute atomic E-state index is 0.0273. The first-order valence-corrected chi connectivity index (χ1v) is 6.24. The van der Waals surface area contributed by atoms with Crippen molar-refractivity contribution in [3.05, 3.63) is 21.9 Å². The van der Waals surface area contributed by atoms with Crippen molar-refractivity contribution in [1.29, 1.82) is 0 Å². The summed E-state index contributed by atoms with van der Waals surface area (Å²) in [5, 5.41) is 5.52. The molecule has 86 valence electrons. The fourth-order valence-electron chi connectivity index (χ4n) is 1.22. The van der Waals surface area contributed by atoms with E-state index in [-0.39, 0.29) is 5.60 Å². The van der Waals surface area contributed by atoms with E-state index >= 15 is 0 Å². The van der Waals surface area contributed by atoms with Crippen LogP contribution in [0.5, 0.6) is 0 Å². The number of aryl methyl sites for hydroxylation is 1. The lowest BCUT2D eigenvalue weighted by Gasteiger charge is -2.19. The number of rotatable bonds is 5. The van der Waals surface area contributed by atoms with E-state index in [9.17, 15) is 0 Å². The van der Waals surface area contributed by atoms with Crippen LogP contribution in [0.1, 0.15) is 31.2 Å². The molecule has 0 saturated heterocycles. The summed E-state index contributed by atoms with van der Waals surface area (Å²) < 4.78 is 5.62. The second-order valence-electron chi connectivity index (χ2n) is 4.66. The molecule has 0 aromatic carbocycles. The molecule has 1 N–H and O–H groups in total. The maximum Gasteiger partial charge on any atom is 0.0599 e. The van der Waals surface area contributed by atoms with Crippen molar-refractivity contribution in [2.24, 2.45) is 0 Å². The molecule has 0 bridgehead atoms. The summed E-state index contributed by atoms with van der Waals surface area (Å²) in [4.78, 5) is 1.42. The third kappa shape index (κ3) is 5.30. The number of nitrogens with one attached hydrogen (secondary N) is 1. The summed E-state index contributed by atoms with van der Waals surface area (Å²) in [7, 11) is 0. The summed E-state index contributed by atoms with van der Waals surface area (Å²) in [6.07, 6.45) is 0. The molecule has 3 heteroatoms. The number of hydrogen-bond donors (Lipinski definition) is 1. The van der Waals surface area contributed by atoms with Gasteiger partial charge in [0.1, 0.15) is 0 Å². The van der Waals surface area contributed by atoms with Crippen molar-refractivity contribution in [2.45, 2.75) is 39.8 Å². The predicted molar refractivity (Wildman–Crippen MR) is 66.5 cm³/mol. The predicted octanol–water partition coefficient (Wildman–Crippen LogP) is 2.96. The molecule has 0 unspecified atom stereocenters. The Balaban J connectivity index is 2.10. The van der Waals surface area contributed by atoms with E-state index in [2.05, 4.69) is 44.5 Å². The Labute approximate surface area is 96.7 Å². The Bertz CT molecular complexity index is 288. The highest BCUT2D eigenvalue weighted by molar-refractivity contribution is 7.10. The molecule has 1 aromatic heterocycles. The first-order valence-electron chi connectivity index (χ1n) is 5.37. The standard InChI is InChI=1S/C12H21NOS/c1-10-5-8-15-11(10)9-13-6-7-14-12(2,3)4/h5,8,13H,6-7,9H2,1-4H3. The molecule has 0 radical (unpaired) electrons. The molecule has 0 atom stereocenters. The second kappa shape index (κ2) is 5.64. The van der Waals surface area contributed by atoms with Gasteiger partial charge in [-0.3, -0.25) is 0 Å². The van der Waals surface area contributed by atoms with Crippen molar-refractivity contribution in [2.75, 3.05) is 13.2 Å². The largest absolute Gasteiger partial charge is 0.375 e. The quantitative estimate of drug-likeness (QED) is 0.781. The maximum atomic E-state index is 5.62. The van der Waals surface area contributed by atoms with Gasteiger partial charge in [-0.05, 0) is 44.7 Å². The average molecular weight is 227 g/mol. The SMILES string of the molecule is Cc1ccsc1CNCCOC(C)(C)C. The van der Waals surface area contributed by atoms with Crippen LogP contribution in [0.4, 0.5) is 0 Å². The zero-order valence-corrected chi connectivity index (χ0v) is 10.9. The van der Waals surface area contributed by atoms with Gasteiger partial charge in [0, 0.05) is 18.0 Å². The van der Waals surface area contributed by atoms with Crippen LogP contribution in [0.3, 0.4) is 0 Å². The Morgan fingerprint density at radius 1 is 1.40 bits per heavy atom. The Kier molecular flexibility index (Phi) is 4.77. The van der Waals surface area contributed by atoms with Crippen LogP contribution in [-0.4, -0.2) is 18.8 Å². The van der Waals surface area contributed by atoms with E-state index < -0.39 is 0 Å². The van der Waals surface area contributed by atoms with Gasteiger partial charge >= 0.3 is 0 Å². The smallest absolute Gasteiger partial charge is 0.0599 e. The van der Waals surface area contributed by atoms with Crippen LogP contribution in [0.15, 0.2) is 11.4 Å². The van der Waals surface area contributed by atoms with Gasteiger partial charge in [0.2, 0.25) is 0 Å². The van der Waals surface area contributed by atoms with Gasteiger partial charge in [0.15, 0.2) is 0 Å². The topological polar surface area (TPSA) is 21.3 Å². The summed E-state index contributed by atoms with van der Waals surface area (Å²) >= 11 is 1.81. The first-order chi connectivity index (χ1) is 6.99. The fraction of sp³-hybridized carbons (Fsp3) is 0.667. The van der Waals surface area contributed by atoms with Crippen molar-refractivity contribution in [3.63, 3.8) is 0 Å². The summed E-state index contributed by atoms with van der Waals surface area (Å²) in [6.45, 7) is 11.0. The normalized spacial score (nSPS) is 12.0. The molecule has 0 spiro atoms. The molecule has 0 aliphatic rings. The van der Waals surface area contributed by atoms with Gasteiger partial charge in [0.25, 0.3) is 0 Å². The number of thiophene rings is 1. The van der Waals surface area contributed by atoms with Crippen LogP contribution < -0.4 is 5.32 Å². The van der Waals surface area contributed by atoms with Crippen LogP contribution in [0, 0.1) is 6.92 Å². The molecule has 0 aliphatic carbocycles. The molecule has 0 amide bonds. The average Bonchev–Trinajstić information content (AvgIpc) is 2.49. The van der Waals surface area contributed by atoms with Gasteiger partial charge in [0.05, 0.1) is 12.2 Å². The summed E-state index contributed by atoms with van der Waals surface area (Å²) in [5.41, 5.74) is 1.35. The Morgan fingerprint density at radius 3 is 2.67 bits per heavy atom.